The minimum Gasteiger partial charge on any atom is -0.511 e. The number of aromatic nitrogens is 4. The van der Waals surface area contributed by atoms with Gasteiger partial charge in [0.2, 0.25) is 0 Å². The van der Waals surface area contributed by atoms with Crippen molar-refractivity contribution in [3.8, 4) is 0 Å². The highest BCUT2D eigenvalue weighted by Crippen LogP contribution is 2.48. The molecule has 0 saturated carbocycles. The quantitative estimate of drug-likeness (QED) is 0.135. The van der Waals surface area contributed by atoms with E-state index in [1.807, 2.05) is 0 Å². The monoisotopic (exact) mass is 1080 g/mol. The van der Waals surface area contributed by atoms with Gasteiger partial charge in [-0.1, -0.05) is 63.7 Å². The Kier molecular flexibility index (Phi) is 15.7. The smallest absolute Gasteiger partial charge is 0.339 e. The summed E-state index contributed by atoms with van der Waals surface area (Å²) >= 11 is 13.6. The van der Waals surface area contributed by atoms with Crippen molar-refractivity contribution in [1.29, 1.82) is 0 Å². The number of halogens is 4. The molecule has 0 amide bonds. The number of carbonyl (C=O) groups excluding carboxylic acids is 4. The predicted molar refractivity (Wildman–Crippen MR) is 229 cm³/mol. The van der Waals surface area contributed by atoms with Gasteiger partial charge in [0.25, 0.3) is 0 Å². The van der Waals surface area contributed by atoms with Gasteiger partial charge in [-0.05, 0) is 62.6 Å². The molecule has 0 aromatic carbocycles. The van der Waals surface area contributed by atoms with Gasteiger partial charge in [0.05, 0.1) is 86.5 Å². The van der Waals surface area contributed by atoms with Gasteiger partial charge in [-0.15, -0.1) is 0 Å². The fourth-order valence-electron chi connectivity index (χ4n) is 7.28. The third-order valence-electron chi connectivity index (χ3n) is 9.87. The zero-order valence-electron chi connectivity index (χ0n) is 32.7. The summed E-state index contributed by atoms with van der Waals surface area (Å²) in [4.78, 5) is 71.8. The van der Waals surface area contributed by atoms with Crippen LogP contribution in [-0.2, 0) is 38.1 Å². The number of hydrogen-bond donors (Lipinski definition) is 2. The molecular weight excluding hydrogens is 1040 g/mol. The molecule has 6 heterocycles. The van der Waals surface area contributed by atoms with E-state index in [1.54, 1.807) is 97.2 Å². The first kappa shape index (κ1) is 46.5. The van der Waals surface area contributed by atoms with Crippen molar-refractivity contribution < 1.29 is 48.3 Å². The lowest BCUT2D eigenvalue weighted by Gasteiger charge is -2.42. The maximum atomic E-state index is 12.7. The number of methoxy groups -OCH3 is 4. The van der Waals surface area contributed by atoms with Crippen LogP contribution in [0.4, 0.5) is 0 Å². The van der Waals surface area contributed by atoms with E-state index in [0.29, 0.717) is 22.8 Å². The van der Waals surface area contributed by atoms with Crippen molar-refractivity contribution in [2.75, 3.05) is 42.5 Å². The van der Waals surface area contributed by atoms with Crippen LogP contribution in [0, 0.1) is 11.8 Å². The summed E-state index contributed by atoms with van der Waals surface area (Å²) in [5, 5.41) is 22.2. The zero-order valence-corrected chi connectivity index (χ0v) is 39.1. The van der Waals surface area contributed by atoms with Crippen molar-refractivity contribution in [2.24, 2.45) is 11.8 Å². The van der Waals surface area contributed by atoms with E-state index in [2.05, 4.69) is 83.7 Å². The Balaban J connectivity index is 0.000000228. The van der Waals surface area contributed by atoms with E-state index in [4.69, 9.17) is 18.9 Å². The normalized spacial score (nSPS) is 22.0. The van der Waals surface area contributed by atoms with Crippen molar-refractivity contribution in [2.45, 2.75) is 24.2 Å². The second-order valence-electron chi connectivity index (χ2n) is 13.2. The maximum absolute atomic E-state index is 12.7. The Labute approximate surface area is 378 Å². The van der Waals surface area contributed by atoms with Gasteiger partial charge in [0.15, 0.2) is 0 Å². The highest BCUT2D eigenvalue weighted by molar-refractivity contribution is 9.11. The molecule has 0 saturated heterocycles. The summed E-state index contributed by atoms with van der Waals surface area (Å²) in [6.45, 7) is 0. The third-order valence-corrected chi connectivity index (χ3v) is 11.8. The summed E-state index contributed by atoms with van der Waals surface area (Å²) in [5.74, 6) is -6.14. The largest absolute Gasteiger partial charge is 0.511 e. The van der Waals surface area contributed by atoms with Crippen molar-refractivity contribution in [1.82, 2.24) is 29.7 Å². The number of hydrogen-bond acceptors (Lipinski definition) is 16. The molecule has 0 unspecified atom stereocenters. The van der Waals surface area contributed by atoms with Crippen LogP contribution in [-0.4, -0.2) is 106 Å². The molecular formula is C40H38Br4N6O10. The number of ether oxygens (including phenoxy) is 4. The zero-order chi connectivity index (χ0) is 44.0. The highest BCUT2D eigenvalue weighted by atomic mass is 79.9. The first-order valence-corrected chi connectivity index (χ1v) is 20.8. The van der Waals surface area contributed by atoms with E-state index in [-0.39, 0.29) is 11.1 Å². The molecule has 0 fully saturated rings. The van der Waals surface area contributed by atoms with Crippen LogP contribution < -0.4 is 0 Å². The number of likely N-dealkylation sites (N-methyl/N-ethyl adjacent to an activating group) is 2. The van der Waals surface area contributed by atoms with Gasteiger partial charge < -0.3 is 29.2 Å². The summed E-state index contributed by atoms with van der Waals surface area (Å²) < 4.78 is 22.7. The Morgan fingerprint density at radius 3 is 1.07 bits per heavy atom. The minimum absolute atomic E-state index is 0.0766. The molecule has 316 valence electrons. The van der Waals surface area contributed by atoms with Crippen LogP contribution in [0.5, 0.6) is 0 Å². The van der Waals surface area contributed by atoms with Gasteiger partial charge >= 0.3 is 23.9 Å². The number of rotatable bonds is 8. The second-order valence-corrected chi connectivity index (χ2v) is 16.9. The van der Waals surface area contributed by atoms with Gasteiger partial charge in [0, 0.05) is 42.7 Å². The van der Waals surface area contributed by atoms with Crippen LogP contribution in [0.15, 0.2) is 114 Å². The highest BCUT2D eigenvalue weighted by Gasteiger charge is 2.51. The molecule has 6 rings (SSSR count). The molecule has 4 aromatic rings. The number of pyridine rings is 4. The lowest BCUT2D eigenvalue weighted by Crippen LogP contribution is -2.46. The predicted octanol–water partition coefficient (Wildman–Crippen LogP) is 7.01. The summed E-state index contributed by atoms with van der Waals surface area (Å²) in [6, 6.07) is 10.9. The lowest BCUT2D eigenvalue weighted by molar-refractivity contribution is -0.151. The summed E-state index contributed by atoms with van der Waals surface area (Å²) in [6.07, 6.45) is 6.34. The fourth-order valence-corrected chi connectivity index (χ4v) is 8.69. The lowest BCUT2D eigenvalue weighted by atomic mass is 9.82. The van der Waals surface area contributed by atoms with Gasteiger partial charge in [0.1, 0.15) is 23.4 Å². The van der Waals surface area contributed by atoms with Crippen LogP contribution in [0.2, 0.25) is 0 Å². The number of nitrogens with zero attached hydrogens (tertiary/aromatic N) is 6. The molecule has 60 heavy (non-hydrogen) atoms. The fraction of sp³-hybridized carbons (Fsp3) is 0.300. The Bertz CT molecular complexity index is 2190. The van der Waals surface area contributed by atoms with Crippen molar-refractivity contribution in [3.05, 3.63) is 137 Å². The van der Waals surface area contributed by atoms with Crippen LogP contribution in [0.3, 0.4) is 0 Å². The molecule has 2 N–H and O–H groups in total. The number of aliphatic hydroxyl groups excluding tert-OH is 2. The third kappa shape index (κ3) is 9.63. The molecule has 2 aliphatic rings. The Morgan fingerprint density at radius 2 is 0.800 bits per heavy atom. The average Bonchev–Trinajstić information content (AvgIpc) is 3.23. The standard InChI is InChI=1S/2C20H19Br2N3O5/c2*1-25-16(12-8-10(21)4-6-23-12)14(19(27)29-2)18(26)15(20(28)30-3)17(25)13-9-11(22)5-7-24-13/h2*4-9,14,16-17,26H,1-3H3/t2*14-,16-,17-/m11/s1. The SMILES string of the molecule is COC(=O)C1=C(O)[C@H](C(=O)OC)[C@@H](c2cc(Br)ccn2)N(C)[C@@H]1c1cc(Br)ccn1.COC(=O)C1=C(O)[C@H](C(=O)OC)[C@@H](c2cc(Br)ccn2)N(C)[C@@H]1c1cc(Br)ccn1. The van der Waals surface area contributed by atoms with E-state index in [9.17, 15) is 29.4 Å². The van der Waals surface area contributed by atoms with E-state index in [1.165, 1.54) is 28.4 Å². The molecule has 16 nitrogen and oxygen atoms in total. The maximum Gasteiger partial charge on any atom is 0.339 e. The molecule has 0 radical (unpaired) electrons. The topological polar surface area (TPSA) is 204 Å². The number of aliphatic hydroxyl groups is 2. The molecule has 4 aromatic heterocycles. The molecule has 0 aliphatic carbocycles. The Hall–Kier alpha value is -4.60. The summed E-state index contributed by atoms with van der Waals surface area (Å²) in [7, 11) is 8.32. The van der Waals surface area contributed by atoms with Gasteiger partial charge in [-0.2, -0.15) is 0 Å². The number of carbonyl (C=O) groups is 4. The van der Waals surface area contributed by atoms with E-state index >= 15 is 0 Å². The molecule has 6 atom stereocenters. The Morgan fingerprint density at radius 1 is 0.517 bits per heavy atom. The van der Waals surface area contributed by atoms with Gasteiger partial charge in [-0.25, -0.2) is 9.59 Å². The molecule has 2 aliphatic heterocycles. The molecule has 0 spiro atoms. The minimum atomic E-state index is -1.18. The van der Waals surface area contributed by atoms with Crippen molar-refractivity contribution >= 4 is 87.6 Å². The molecule has 20 heteroatoms. The molecule has 0 bridgehead atoms. The van der Waals surface area contributed by atoms with Crippen LogP contribution in [0.25, 0.3) is 0 Å². The van der Waals surface area contributed by atoms with E-state index in [0.717, 1.165) is 17.9 Å². The van der Waals surface area contributed by atoms with Crippen LogP contribution in [0.1, 0.15) is 46.9 Å². The average molecular weight is 1080 g/mol. The van der Waals surface area contributed by atoms with Crippen molar-refractivity contribution in [3.63, 3.8) is 0 Å². The van der Waals surface area contributed by atoms with Crippen LogP contribution >= 0.6 is 63.7 Å². The first-order valence-electron chi connectivity index (χ1n) is 17.7. The summed E-state index contributed by atoms with van der Waals surface area (Å²) in [5.41, 5.74) is 1.85. The first-order chi connectivity index (χ1) is 28.6. The second kappa shape index (κ2) is 20.3. The van der Waals surface area contributed by atoms with Gasteiger partial charge in [-0.3, -0.25) is 39.3 Å². The van der Waals surface area contributed by atoms with E-state index < -0.39 is 71.4 Å². The number of esters is 4.